The Hall–Kier alpha value is -3.03. The molecule has 0 atom stereocenters. The lowest BCUT2D eigenvalue weighted by Crippen LogP contribution is -2.38. The fraction of sp³-hybridized carbons (Fsp3) is 0.158. The summed E-state index contributed by atoms with van der Waals surface area (Å²) in [5.74, 6) is -1.96. The number of methoxy groups -OCH3 is 1. The van der Waals surface area contributed by atoms with Crippen LogP contribution >= 0.6 is 23.1 Å². The number of hydrogen-bond acceptors (Lipinski definition) is 9. The Morgan fingerprint density at radius 2 is 1.81 bits per heavy atom. The molecule has 0 aliphatic carbocycles. The first-order valence-corrected chi connectivity index (χ1v) is 12.2. The molecule has 168 valence electrons. The molecule has 3 aromatic rings. The number of carbonyl (C=O) groups is 2. The second-order valence-electron chi connectivity index (χ2n) is 6.06. The number of aromatic nitrogens is 2. The van der Waals surface area contributed by atoms with E-state index in [-0.39, 0.29) is 21.5 Å². The summed E-state index contributed by atoms with van der Waals surface area (Å²) in [6.45, 7) is -0.692. The van der Waals surface area contributed by atoms with Gasteiger partial charge in [0.2, 0.25) is 11.0 Å². The predicted molar refractivity (Wildman–Crippen MR) is 119 cm³/mol. The number of amides is 1. The minimum absolute atomic E-state index is 0.0233. The van der Waals surface area contributed by atoms with Crippen molar-refractivity contribution in [1.29, 1.82) is 0 Å². The molecule has 1 heterocycles. The van der Waals surface area contributed by atoms with E-state index in [0.717, 1.165) is 29.2 Å². The maximum Gasteiger partial charge on any atom is 0.316 e. The Kier molecular flexibility index (Phi) is 7.77. The van der Waals surface area contributed by atoms with E-state index in [9.17, 15) is 22.4 Å². The van der Waals surface area contributed by atoms with Gasteiger partial charge in [-0.1, -0.05) is 53.4 Å². The number of sulfonamides is 1. The topological polar surface area (TPSA) is 119 Å². The first-order valence-electron chi connectivity index (χ1n) is 8.96. The van der Waals surface area contributed by atoms with E-state index in [2.05, 4.69) is 20.3 Å². The molecule has 3 rings (SSSR count). The Bertz CT molecular complexity index is 1200. The average Bonchev–Trinajstić information content (AvgIpc) is 3.24. The van der Waals surface area contributed by atoms with Crippen LogP contribution in [0.2, 0.25) is 0 Å². The van der Waals surface area contributed by atoms with Crippen molar-refractivity contribution in [3.8, 4) is 0 Å². The number of carbonyl (C=O) groups excluding carboxylic acids is 2. The fourth-order valence-electron chi connectivity index (χ4n) is 2.46. The SMILES string of the molecule is COC(=O)CSc1nnc(NC(=O)CN(c2ccccc2F)S(=O)(=O)c2ccccc2)s1. The Balaban J connectivity index is 1.80. The summed E-state index contributed by atoms with van der Waals surface area (Å²) < 4.78 is 46.4. The highest BCUT2D eigenvalue weighted by Crippen LogP contribution is 2.28. The van der Waals surface area contributed by atoms with Crippen molar-refractivity contribution in [3.63, 3.8) is 0 Å². The number of nitrogens with one attached hydrogen (secondary N) is 1. The van der Waals surface area contributed by atoms with E-state index in [0.29, 0.717) is 8.64 Å². The molecule has 0 aliphatic heterocycles. The summed E-state index contributed by atoms with van der Waals surface area (Å²) in [6.07, 6.45) is 0. The zero-order chi connectivity index (χ0) is 23.1. The Morgan fingerprint density at radius 3 is 2.50 bits per heavy atom. The molecule has 1 N–H and O–H groups in total. The molecule has 2 aromatic carbocycles. The van der Waals surface area contributed by atoms with Gasteiger partial charge in [-0.25, -0.2) is 12.8 Å². The second kappa shape index (κ2) is 10.5. The number of anilines is 2. The van der Waals surface area contributed by atoms with Gasteiger partial charge in [-0.05, 0) is 24.3 Å². The number of ether oxygens (including phenoxy) is 1. The normalized spacial score (nSPS) is 11.1. The van der Waals surface area contributed by atoms with Crippen LogP contribution in [0, 0.1) is 5.82 Å². The van der Waals surface area contributed by atoms with Crippen molar-refractivity contribution < 1.29 is 27.1 Å². The van der Waals surface area contributed by atoms with Gasteiger partial charge in [-0.2, -0.15) is 0 Å². The molecular weight excluding hydrogens is 479 g/mol. The number of thioether (sulfide) groups is 1. The predicted octanol–water partition coefficient (Wildman–Crippen LogP) is 2.78. The number of rotatable bonds is 9. The highest BCUT2D eigenvalue weighted by molar-refractivity contribution is 8.01. The first-order chi connectivity index (χ1) is 15.3. The summed E-state index contributed by atoms with van der Waals surface area (Å²) in [5.41, 5.74) is -0.266. The molecule has 0 unspecified atom stereocenters. The summed E-state index contributed by atoms with van der Waals surface area (Å²) in [6, 6.07) is 12.7. The van der Waals surface area contributed by atoms with Gasteiger partial charge in [0.05, 0.1) is 23.4 Å². The van der Waals surface area contributed by atoms with Crippen LogP contribution in [0.25, 0.3) is 0 Å². The molecular formula is C19H17FN4O5S3. The maximum absolute atomic E-state index is 14.4. The zero-order valence-electron chi connectivity index (χ0n) is 16.6. The van der Waals surface area contributed by atoms with E-state index in [1.54, 1.807) is 6.07 Å². The standard InChI is InChI=1S/C19H17FN4O5S3/c1-29-17(26)12-30-19-23-22-18(31-19)21-16(25)11-24(15-10-6-5-9-14(15)20)32(27,28)13-7-3-2-4-8-13/h2-10H,11-12H2,1H3,(H,21,22,25). The van der Waals surface area contributed by atoms with Crippen LogP contribution < -0.4 is 9.62 Å². The Labute approximate surface area is 191 Å². The molecule has 0 aliphatic rings. The summed E-state index contributed by atoms with van der Waals surface area (Å²) >= 11 is 2.08. The van der Waals surface area contributed by atoms with E-state index in [1.165, 1.54) is 49.6 Å². The number of halogens is 1. The third kappa shape index (κ3) is 5.81. The largest absolute Gasteiger partial charge is 0.468 e. The van der Waals surface area contributed by atoms with Crippen LogP contribution in [0.4, 0.5) is 15.2 Å². The minimum Gasteiger partial charge on any atom is -0.468 e. The molecule has 0 radical (unpaired) electrons. The van der Waals surface area contributed by atoms with Gasteiger partial charge in [0.25, 0.3) is 10.0 Å². The monoisotopic (exact) mass is 496 g/mol. The third-order valence-electron chi connectivity index (χ3n) is 3.93. The number of hydrogen-bond donors (Lipinski definition) is 1. The van der Waals surface area contributed by atoms with Gasteiger partial charge >= 0.3 is 5.97 Å². The summed E-state index contributed by atoms with van der Waals surface area (Å²) in [5, 5.41) is 10.2. The number of benzene rings is 2. The Morgan fingerprint density at radius 1 is 1.12 bits per heavy atom. The number of para-hydroxylation sites is 1. The third-order valence-corrected chi connectivity index (χ3v) is 7.65. The zero-order valence-corrected chi connectivity index (χ0v) is 19.0. The van der Waals surface area contributed by atoms with E-state index < -0.39 is 34.3 Å². The van der Waals surface area contributed by atoms with Crippen LogP contribution in [0.15, 0.2) is 63.8 Å². The van der Waals surface area contributed by atoms with Gasteiger partial charge in [0.15, 0.2) is 4.34 Å². The van der Waals surface area contributed by atoms with Crippen molar-refractivity contribution in [3.05, 3.63) is 60.4 Å². The van der Waals surface area contributed by atoms with Crippen molar-refractivity contribution in [2.24, 2.45) is 0 Å². The quantitative estimate of drug-likeness (QED) is 0.273. The van der Waals surface area contributed by atoms with Gasteiger partial charge in [0, 0.05) is 0 Å². The van der Waals surface area contributed by atoms with Crippen LogP contribution in [0.1, 0.15) is 0 Å². The molecule has 1 amide bonds. The van der Waals surface area contributed by atoms with Crippen LogP contribution in [0.3, 0.4) is 0 Å². The van der Waals surface area contributed by atoms with Crippen molar-refractivity contribution in [2.75, 3.05) is 29.0 Å². The van der Waals surface area contributed by atoms with E-state index in [4.69, 9.17) is 0 Å². The molecule has 0 fully saturated rings. The van der Waals surface area contributed by atoms with Crippen LogP contribution in [0.5, 0.6) is 0 Å². The summed E-state index contributed by atoms with van der Waals surface area (Å²) in [7, 11) is -2.97. The lowest BCUT2D eigenvalue weighted by atomic mass is 10.3. The smallest absolute Gasteiger partial charge is 0.316 e. The summed E-state index contributed by atoms with van der Waals surface area (Å²) in [4.78, 5) is 23.8. The molecule has 0 saturated carbocycles. The molecule has 13 heteroatoms. The number of nitrogens with zero attached hydrogens (tertiary/aromatic N) is 3. The van der Waals surface area contributed by atoms with Crippen LogP contribution in [-0.4, -0.2) is 49.9 Å². The molecule has 1 aromatic heterocycles. The molecule has 0 saturated heterocycles. The van der Waals surface area contributed by atoms with E-state index >= 15 is 0 Å². The molecule has 9 nitrogen and oxygen atoms in total. The molecule has 32 heavy (non-hydrogen) atoms. The van der Waals surface area contributed by atoms with E-state index in [1.807, 2.05) is 0 Å². The molecule has 0 bridgehead atoms. The lowest BCUT2D eigenvalue weighted by Gasteiger charge is -2.24. The average molecular weight is 497 g/mol. The second-order valence-corrected chi connectivity index (χ2v) is 10.1. The first kappa shape index (κ1) is 23.6. The lowest BCUT2D eigenvalue weighted by molar-refractivity contribution is -0.137. The van der Waals surface area contributed by atoms with Crippen LogP contribution in [-0.2, 0) is 24.3 Å². The minimum atomic E-state index is -4.24. The highest BCUT2D eigenvalue weighted by atomic mass is 32.2. The van der Waals surface area contributed by atoms with Gasteiger partial charge in [0.1, 0.15) is 12.4 Å². The maximum atomic E-state index is 14.4. The highest BCUT2D eigenvalue weighted by Gasteiger charge is 2.29. The van der Waals surface area contributed by atoms with Crippen molar-refractivity contribution >= 4 is 55.8 Å². The van der Waals surface area contributed by atoms with Crippen molar-refractivity contribution in [1.82, 2.24) is 10.2 Å². The van der Waals surface area contributed by atoms with Crippen molar-refractivity contribution in [2.45, 2.75) is 9.24 Å². The van der Waals surface area contributed by atoms with Gasteiger partial charge < -0.3 is 4.74 Å². The van der Waals surface area contributed by atoms with Gasteiger partial charge in [-0.15, -0.1) is 10.2 Å². The number of esters is 1. The molecule has 0 spiro atoms. The van der Waals surface area contributed by atoms with Gasteiger partial charge in [-0.3, -0.25) is 19.2 Å². The fourth-order valence-corrected chi connectivity index (χ4v) is 5.51.